The van der Waals surface area contributed by atoms with E-state index in [0.717, 1.165) is 23.9 Å². The lowest BCUT2D eigenvalue weighted by molar-refractivity contribution is 0.410. The highest BCUT2D eigenvalue weighted by Crippen LogP contribution is 2.32. The predicted octanol–water partition coefficient (Wildman–Crippen LogP) is 3.04. The third kappa shape index (κ3) is 2.84. The first-order valence-corrected chi connectivity index (χ1v) is 8.18. The van der Waals surface area contributed by atoms with Gasteiger partial charge in [0.05, 0.1) is 12.6 Å². The fourth-order valence-electron chi connectivity index (χ4n) is 2.39. The van der Waals surface area contributed by atoms with Crippen molar-refractivity contribution in [3.8, 4) is 11.4 Å². The van der Waals surface area contributed by atoms with Crippen LogP contribution in [0.25, 0.3) is 16.6 Å². The van der Waals surface area contributed by atoms with E-state index in [4.69, 9.17) is 4.74 Å². The largest absolute Gasteiger partial charge is 0.494 e. The van der Waals surface area contributed by atoms with Crippen molar-refractivity contribution in [3.63, 3.8) is 0 Å². The predicted molar refractivity (Wildman–Crippen MR) is 89.3 cm³/mol. The maximum absolute atomic E-state index is 13.6. The highest BCUT2D eigenvalue weighted by molar-refractivity contribution is 7.99. The van der Waals surface area contributed by atoms with E-state index in [1.807, 2.05) is 12.1 Å². The molecule has 0 radical (unpaired) electrons. The number of fused-ring (bicyclic) bond motifs is 1. The van der Waals surface area contributed by atoms with E-state index in [1.54, 1.807) is 19.2 Å². The lowest BCUT2D eigenvalue weighted by Gasteiger charge is -2.09. The summed E-state index contributed by atoms with van der Waals surface area (Å²) in [6, 6.07) is 9.32. The number of para-hydroxylation sites is 2. The molecule has 0 bridgehead atoms. The number of hydrogen-bond acceptors (Lipinski definition) is 7. The van der Waals surface area contributed by atoms with Crippen molar-refractivity contribution in [1.29, 1.82) is 0 Å². The number of nitrogens with zero attached hydrogens (tertiary/aromatic N) is 6. The molecule has 2 aromatic heterocycles. The standard InChI is InChI=1S/C16H10F2N6OS/c1-25-14-5-3-2-4-13(14)24-16(21-22-23-24)26-15-9-6-10(17)11(18)7-12(9)19-8-20-15/h2-8H,1H3. The highest BCUT2D eigenvalue weighted by atomic mass is 32.2. The number of tetrazole rings is 1. The number of ether oxygens (including phenoxy) is 1. The number of benzene rings is 2. The molecule has 0 N–H and O–H groups in total. The number of hydrogen-bond donors (Lipinski definition) is 0. The molecule has 0 spiro atoms. The normalized spacial score (nSPS) is 11.0. The molecule has 4 rings (SSSR count). The van der Waals surface area contributed by atoms with Crippen LogP contribution in [0.3, 0.4) is 0 Å². The van der Waals surface area contributed by atoms with Gasteiger partial charge in [-0.15, -0.1) is 5.10 Å². The summed E-state index contributed by atoms with van der Waals surface area (Å²) in [5.41, 5.74) is 0.927. The third-order valence-electron chi connectivity index (χ3n) is 3.58. The SMILES string of the molecule is COc1ccccc1-n1nnnc1Sc1ncnc2cc(F)c(F)cc12. The quantitative estimate of drug-likeness (QED) is 0.510. The van der Waals surface area contributed by atoms with Gasteiger partial charge in [0.2, 0.25) is 5.16 Å². The van der Waals surface area contributed by atoms with Crippen LogP contribution in [-0.2, 0) is 0 Å². The summed E-state index contributed by atoms with van der Waals surface area (Å²) in [4.78, 5) is 8.12. The summed E-state index contributed by atoms with van der Waals surface area (Å²) >= 11 is 1.11. The third-order valence-corrected chi connectivity index (χ3v) is 4.54. The van der Waals surface area contributed by atoms with Crippen molar-refractivity contribution < 1.29 is 13.5 Å². The Bertz CT molecular complexity index is 1100. The van der Waals surface area contributed by atoms with Gasteiger partial charge < -0.3 is 4.74 Å². The van der Waals surface area contributed by atoms with Crippen molar-refractivity contribution >= 4 is 22.7 Å². The molecule has 0 aliphatic rings. The molecule has 4 aromatic rings. The average molecular weight is 372 g/mol. The summed E-state index contributed by atoms with van der Waals surface area (Å²) < 4.78 is 33.9. The van der Waals surface area contributed by atoms with Crippen LogP contribution in [0.2, 0.25) is 0 Å². The Morgan fingerprint density at radius 3 is 2.73 bits per heavy atom. The monoisotopic (exact) mass is 372 g/mol. The van der Waals surface area contributed by atoms with Crippen molar-refractivity contribution in [2.24, 2.45) is 0 Å². The molecule has 0 saturated carbocycles. The summed E-state index contributed by atoms with van der Waals surface area (Å²) in [6.07, 6.45) is 1.28. The molecule has 2 heterocycles. The smallest absolute Gasteiger partial charge is 0.220 e. The molecule has 0 amide bonds. The Hall–Kier alpha value is -3.14. The van der Waals surface area contributed by atoms with Gasteiger partial charge in [-0.25, -0.2) is 18.7 Å². The van der Waals surface area contributed by atoms with Crippen LogP contribution in [-0.4, -0.2) is 37.3 Å². The molecule has 0 saturated heterocycles. The first-order chi connectivity index (χ1) is 12.7. The van der Waals surface area contributed by atoms with Gasteiger partial charge in [0, 0.05) is 11.5 Å². The molecule has 0 fully saturated rings. The molecule has 7 nitrogen and oxygen atoms in total. The van der Waals surface area contributed by atoms with Crippen molar-refractivity contribution in [2.75, 3.05) is 7.11 Å². The molecule has 0 atom stereocenters. The molecule has 26 heavy (non-hydrogen) atoms. The van der Waals surface area contributed by atoms with E-state index in [-0.39, 0.29) is 5.52 Å². The van der Waals surface area contributed by atoms with E-state index in [0.29, 0.717) is 27.0 Å². The first kappa shape index (κ1) is 16.3. The van der Waals surface area contributed by atoms with Crippen LogP contribution in [0.1, 0.15) is 0 Å². The van der Waals surface area contributed by atoms with Crippen molar-refractivity contribution in [2.45, 2.75) is 10.2 Å². The molecule has 0 unspecified atom stereocenters. The molecule has 2 aromatic carbocycles. The van der Waals surface area contributed by atoms with E-state index in [1.165, 1.54) is 11.0 Å². The zero-order valence-electron chi connectivity index (χ0n) is 13.3. The van der Waals surface area contributed by atoms with E-state index >= 15 is 0 Å². The number of methoxy groups -OCH3 is 1. The lowest BCUT2D eigenvalue weighted by Crippen LogP contribution is -2.02. The van der Waals surface area contributed by atoms with Gasteiger partial charge in [-0.3, -0.25) is 0 Å². The van der Waals surface area contributed by atoms with Gasteiger partial charge in [-0.1, -0.05) is 12.1 Å². The minimum Gasteiger partial charge on any atom is -0.494 e. The second kappa shape index (κ2) is 6.64. The van der Waals surface area contributed by atoms with Crippen LogP contribution in [0.4, 0.5) is 8.78 Å². The summed E-state index contributed by atoms with van der Waals surface area (Å²) in [5.74, 6) is -1.35. The Morgan fingerprint density at radius 1 is 1.08 bits per heavy atom. The lowest BCUT2D eigenvalue weighted by atomic mass is 10.2. The van der Waals surface area contributed by atoms with Gasteiger partial charge in [0.25, 0.3) is 0 Å². The van der Waals surface area contributed by atoms with Gasteiger partial charge in [-0.05, 0) is 40.4 Å². The molecular formula is C16H10F2N6OS. The van der Waals surface area contributed by atoms with E-state index in [2.05, 4.69) is 25.5 Å². The van der Waals surface area contributed by atoms with Crippen molar-refractivity contribution in [3.05, 3.63) is 54.4 Å². The fraction of sp³-hybridized carbons (Fsp3) is 0.0625. The van der Waals surface area contributed by atoms with Crippen LogP contribution >= 0.6 is 11.8 Å². The first-order valence-electron chi connectivity index (χ1n) is 7.37. The second-order valence-electron chi connectivity index (χ2n) is 5.11. The van der Waals surface area contributed by atoms with Gasteiger partial charge in [-0.2, -0.15) is 4.68 Å². The summed E-state index contributed by atoms with van der Waals surface area (Å²) in [7, 11) is 1.55. The van der Waals surface area contributed by atoms with E-state index in [9.17, 15) is 8.78 Å². The van der Waals surface area contributed by atoms with Crippen LogP contribution < -0.4 is 4.74 Å². The minimum atomic E-state index is -0.974. The maximum Gasteiger partial charge on any atom is 0.220 e. The molecule has 130 valence electrons. The Labute approximate surface area is 150 Å². The Balaban J connectivity index is 1.80. The molecular weight excluding hydrogens is 362 g/mol. The van der Waals surface area contributed by atoms with Gasteiger partial charge in [0.15, 0.2) is 11.6 Å². The molecule has 0 aliphatic heterocycles. The Kier molecular flexibility index (Phi) is 4.17. The zero-order valence-corrected chi connectivity index (χ0v) is 14.1. The topological polar surface area (TPSA) is 78.6 Å². The number of aromatic nitrogens is 6. The molecule has 0 aliphatic carbocycles. The average Bonchev–Trinajstić information content (AvgIpc) is 3.11. The Morgan fingerprint density at radius 2 is 1.88 bits per heavy atom. The maximum atomic E-state index is 13.6. The number of halogens is 2. The van der Waals surface area contributed by atoms with Crippen LogP contribution in [0.15, 0.2) is 52.9 Å². The molecule has 10 heteroatoms. The van der Waals surface area contributed by atoms with Gasteiger partial charge >= 0.3 is 0 Å². The van der Waals surface area contributed by atoms with Crippen LogP contribution in [0, 0.1) is 11.6 Å². The number of rotatable bonds is 4. The second-order valence-corrected chi connectivity index (χ2v) is 6.07. The van der Waals surface area contributed by atoms with E-state index < -0.39 is 11.6 Å². The summed E-state index contributed by atoms with van der Waals surface area (Å²) in [5, 5.41) is 12.8. The minimum absolute atomic E-state index is 0.290. The van der Waals surface area contributed by atoms with Crippen molar-refractivity contribution in [1.82, 2.24) is 30.2 Å². The zero-order chi connectivity index (χ0) is 18.1. The van der Waals surface area contributed by atoms with Crippen LogP contribution in [0.5, 0.6) is 5.75 Å². The fourth-order valence-corrected chi connectivity index (χ4v) is 3.24. The summed E-state index contributed by atoms with van der Waals surface area (Å²) in [6.45, 7) is 0. The van der Waals surface area contributed by atoms with Gasteiger partial charge in [0.1, 0.15) is 22.8 Å². The highest BCUT2D eigenvalue weighted by Gasteiger charge is 2.17.